The van der Waals surface area contributed by atoms with E-state index in [0.29, 0.717) is 5.96 Å². The van der Waals surface area contributed by atoms with E-state index in [1.807, 2.05) is 0 Å². The minimum Gasteiger partial charge on any atom is -0.382 e. The summed E-state index contributed by atoms with van der Waals surface area (Å²) < 4.78 is 36.7. The Hall–Kier alpha value is -0.290. The molecule has 1 heterocycles. The average Bonchev–Trinajstić information content (AvgIpc) is 3.27. The van der Waals surface area contributed by atoms with E-state index in [1.54, 1.807) is 0 Å². The first-order chi connectivity index (χ1) is 9.90. The number of alkyl halides is 3. The molecule has 1 atom stereocenters. The molecule has 2 rings (SSSR count). The standard InChI is InChI=1S/C13H23F3N4O.HI/c1-17-12(18-8-11(21)13(14,15)16)19-9-4-6-20(7-5-9)10-2-3-10;/h9-11,21H,2-8H2,1H3,(H2,17,18,19);1H. The molecule has 0 amide bonds. The van der Waals surface area contributed by atoms with E-state index in [9.17, 15) is 13.2 Å². The van der Waals surface area contributed by atoms with Gasteiger partial charge in [0.2, 0.25) is 0 Å². The van der Waals surface area contributed by atoms with Crippen LogP contribution in [0, 0.1) is 0 Å². The number of hydrogen-bond acceptors (Lipinski definition) is 3. The molecule has 0 aromatic heterocycles. The molecule has 1 saturated carbocycles. The zero-order valence-electron chi connectivity index (χ0n) is 12.6. The second-order valence-electron chi connectivity index (χ2n) is 5.70. The predicted octanol–water partition coefficient (Wildman–Crippen LogP) is 1.32. The van der Waals surface area contributed by atoms with Gasteiger partial charge >= 0.3 is 6.18 Å². The van der Waals surface area contributed by atoms with E-state index < -0.39 is 18.8 Å². The van der Waals surface area contributed by atoms with Crippen LogP contribution in [0.5, 0.6) is 0 Å². The van der Waals surface area contributed by atoms with Crippen molar-refractivity contribution in [2.75, 3.05) is 26.7 Å². The van der Waals surface area contributed by atoms with Crippen LogP contribution in [0.15, 0.2) is 4.99 Å². The molecule has 1 unspecified atom stereocenters. The molecule has 0 spiro atoms. The quantitative estimate of drug-likeness (QED) is 0.354. The Kier molecular flexibility index (Phi) is 7.66. The second-order valence-corrected chi connectivity index (χ2v) is 5.70. The molecule has 0 bridgehead atoms. The maximum Gasteiger partial charge on any atom is 0.416 e. The van der Waals surface area contributed by atoms with Crippen molar-refractivity contribution >= 4 is 29.9 Å². The zero-order valence-corrected chi connectivity index (χ0v) is 14.9. The van der Waals surface area contributed by atoms with E-state index in [1.165, 1.54) is 19.9 Å². The van der Waals surface area contributed by atoms with Gasteiger partial charge in [-0.3, -0.25) is 4.99 Å². The van der Waals surface area contributed by atoms with Gasteiger partial charge in [-0.15, -0.1) is 24.0 Å². The van der Waals surface area contributed by atoms with Crippen LogP contribution in [-0.2, 0) is 0 Å². The normalized spacial score (nSPS) is 22.9. The van der Waals surface area contributed by atoms with Crippen LogP contribution in [0.1, 0.15) is 25.7 Å². The van der Waals surface area contributed by atoms with E-state index in [2.05, 4.69) is 20.5 Å². The lowest BCUT2D eigenvalue weighted by atomic mass is 10.1. The number of guanidine groups is 1. The molecule has 1 aliphatic heterocycles. The molecule has 3 N–H and O–H groups in total. The Morgan fingerprint density at radius 1 is 1.27 bits per heavy atom. The summed E-state index contributed by atoms with van der Waals surface area (Å²) in [6, 6.07) is 0.972. The van der Waals surface area contributed by atoms with Crippen molar-refractivity contribution in [3.63, 3.8) is 0 Å². The third-order valence-electron chi connectivity index (χ3n) is 4.00. The first-order valence-corrected chi connectivity index (χ1v) is 7.36. The Morgan fingerprint density at radius 2 is 1.86 bits per heavy atom. The summed E-state index contributed by atoms with van der Waals surface area (Å²) in [6.45, 7) is 1.44. The number of aliphatic hydroxyl groups excluding tert-OH is 1. The smallest absolute Gasteiger partial charge is 0.382 e. The number of piperidine rings is 1. The number of likely N-dealkylation sites (tertiary alicyclic amines) is 1. The summed E-state index contributed by atoms with van der Waals surface area (Å²) in [5.41, 5.74) is 0. The third kappa shape index (κ3) is 6.07. The highest BCUT2D eigenvalue weighted by molar-refractivity contribution is 14.0. The van der Waals surface area contributed by atoms with Gasteiger partial charge in [0.25, 0.3) is 0 Å². The van der Waals surface area contributed by atoms with Crippen LogP contribution in [0.3, 0.4) is 0 Å². The van der Waals surface area contributed by atoms with Crippen molar-refractivity contribution in [1.82, 2.24) is 15.5 Å². The number of hydrogen-bond donors (Lipinski definition) is 3. The predicted molar refractivity (Wildman–Crippen MR) is 89.6 cm³/mol. The van der Waals surface area contributed by atoms with Crippen LogP contribution < -0.4 is 10.6 Å². The fourth-order valence-corrected chi connectivity index (χ4v) is 2.55. The number of halogens is 4. The number of nitrogens with zero attached hydrogens (tertiary/aromatic N) is 2. The molecular weight excluding hydrogens is 412 g/mol. The highest BCUT2D eigenvalue weighted by Crippen LogP contribution is 2.29. The highest BCUT2D eigenvalue weighted by Gasteiger charge is 2.38. The molecule has 1 aliphatic carbocycles. The first-order valence-electron chi connectivity index (χ1n) is 7.36. The Balaban J connectivity index is 0.00000242. The fourth-order valence-electron chi connectivity index (χ4n) is 2.55. The van der Waals surface area contributed by atoms with E-state index >= 15 is 0 Å². The molecule has 1 saturated heterocycles. The van der Waals surface area contributed by atoms with Gasteiger partial charge < -0.3 is 20.6 Å². The summed E-state index contributed by atoms with van der Waals surface area (Å²) in [4.78, 5) is 6.38. The van der Waals surface area contributed by atoms with Gasteiger partial charge in [0, 0.05) is 32.2 Å². The van der Waals surface area contributed by atoms with E-state index in [0.717, 1.165) is 32.0 Å². The molecule has 130 valence electrons. The van der Waals surface area contributed by atoms with Gasteiger partial charge in [-0.25, -0.2) is 0 Å². The number of rotatable bonds is 4. The summed E-state index contributed by atoms with van der Waals surface area (Å²) in [5, 5.41) is 14.6. The Morgan fingerprint density at radius 3 is 2.32 bits per heavy atom. The Labute approximate surface area is 145 Å². The van der Waals surface area contributed by atoms with Crippen LogP contribution in [-0.4, -0.2) is 67.0 Å². The highest BCUT2D eigenvalue weighted by atomic mass is 127. The second kappa shape index (κ2) is 8.53. The lowest BCUT2D eigenvalue weighted by molar-refractivity contribution is -0.201. The molecular formula is C13H24F3IN4O. The van der Waals surface area contributed by atoms with Gasteiger partial charge in [0.15, 0.2) is 12.1 Å². The van der Waals surface area contributed by atoms with Crippen LogP contribution in [0.4, 0.5) is 13.2 Å². The van der Waals surface area contributed by atoms with Gasteiger partial charge in [0.1, 0.15) is 0 Å². The largest absolute Gasteiger partial charge is 0.416 e. The summed E-state index contributed by atoms with van der Waals surface area (Å²) in [5.74, 6) is 0.308. The maximum atomic E-state index is 12.2. The van der Waals surface area contributed by atoms with Crippen LogP contribution in [0.25, 0.3) is 0 Å². The molecule has 9 heteroatoms. The molecule has 5 nitrogen and oxygen atoms in total. The first kappa shape index (κ1) is 19.8. The monoisotopic (exact) mass is 436 g/mol. The fraction of sp³-hybridized carbons (Fsp3) is 0.923. The van der Waals surface area contributed by atoms with Crippen molar-refractivity contribution in [2.24, 2.45) is 4.99 Å². The lowest BCUT2D eigenvalue weighted by Crippen LogP contribution is -2.51. The van der Waals surface area contributed by atoms with Gasteiger partial charge in [-0.05, 0) is 25.7 Å². The summed E-state index contributed by atoms with van der Waals surface area (Å²) in [7, 11) is 1.51. The number of nitrogens with one attached hydrogen (secondary N) is 2. The molecule has 2 aliphatic rings. The van der Waals surface area contributed by atoms with Crippen LogP contribution in [0.2, 0.25) is 0 Å². The van der Waals surface area contributed by atoms with Crippen LogP contribution >= 0.6 is 24.0 Å². The topological polar surface area (TPSA) is 59.9 Å². The van der Waals surface area contributed by atoms with Gasteiger partial charge in [-0.1, -0.05) is 0 Å². The molecule has 0 aromatic rings. The van der Waals surface area contributed by atoms with Gasteiger partial charge in [-0.2, -0.15) is 13.2 Å². The third-order valence-corrected chi connectivity index (χ3v) is 4.00. The molecule has 2 fully saturated rings. The van der Waals surface area contributed by atoms with Crippen molar-refractivity contribution in [3.05, 3.63) is 0 Å². The minimum absolute atomic E-state index is 0. The van der Waals surface area contributed by atoms with Crippen molar-refractivity contribution < 1.29 is 18.3 Å². The number of aliphatic imine (C=N–C) groups is 1. The van der Waals surface area contributed by atoms with Crippen molar-refractivity contribution in [1.29, 1.82) is 0 Å². The van der Waals surface area contributed by atoms with E-state index in [4.69, 9.17) is 5.11 Å². The average molecular weight is 436 g/mol. The molecule has 0 aromatic carbocycles. The summed E-state index contributed by atoms with van der Waals surface area (Å²) >= 11 is 0. The Bertz CT molecular complexity index is 369. The summed E-state index contributed by atoms with van der Waals surface area (Å²) in [6.07, 6.45) is -2.50. The van der Waals surface area contributed by atoms with Crippen molar-refractivity contribution in [2.45, 2.75) is 50.0 Å². The maximum absolute atomic E-state index is 12.2. The lowest BCUT2D eigenvalue weighted by Gasteiger charge is -2.33. The zero-order chi connectivity index (χ0) is 15.5. The SMILES string of the molecule is CN=C(NCC(O)C(F)(F)F)NC1CCN(C2CC2)CC1.I. The van der Waals surface area contributed by atoms with Crippen molar-refractivity contribution in [3.8, 4) is 0 Å². The van der Waals surface area contributed by atoms with Gasteiger partial charge in [0.05, 0.1) is 6.54 Å². The van der Waals surface area contributed by atoms with E-state index in [-0.39, 0.29) is 30.0 Å². The number of aliphatic hydroxyl groups is 1. The molecule has 0 radical (unpaired) electrons. The minimum atomic E-state index is -4.61. The molecule has 22 heavy (non-hydrogen) atoms.